The van der Waals surface area contributed by atoms with E-state index in [0.717, 1.165) is 47.5 Å². The summed E-state index contributed by atoms with van der Waals surface area (Å²) in [5.74, 6) is 1.76. The molecule has 0 spiro atoms. The van der Waals surface area contributed by atoms with Gasteiger partial charge in [-0.05, 0) is 82.6 Å². The normalized spacial score (nSPS) is 14.2. The van der Waals surface area contributed by atoms with Gasteiger partial charge in [-0.1, -0.05) is 13.8 Å². The van der Waals surface area contributed by atoms with Crippen molar-refractivity contribution in [3.05, 3.63) is 75.8 Å². The van der Waals surface area contributed by atoms with Crippen LogP contribution in [0.4, 0.5) is 11.6 Å². The van der Waals surface area contributed by atoms with Gasteiger partial charge < -0.3 is 14.6 Å². The highest BCUT2D eigenvalue weighted by Gasteiger charge is 2.22. The Morgan fingerprint density at radius 2 is 1.89 bits per heavy atom. The molecule has 2 aromatic carbocycles. The Morgan fingerprint density at radius 1 is 1.19 bits per heavy atom. The average Bonchev–Trinajstić information content (AvgIpc) is 3.36. The number of piperidine rings is 1. The molecule has 5 rings (SSSR count). The Kier molecular flexibility index (Phi) is 7.19. The van der Waals surface area contributed by atoms with Gasteiger partial charge >= 0.3 is 0 Å². The number of nitrogens with one attached hydrogen (secondary N) is 1. The minimum atomic E-state index is -0.0911. The van der Waals surface area contributed by atoms with Crippen LogP contribution in [0, 0.1) is 12.5 Å². The minimum Gasteiger partial charge on any atom is -0.436 e. The van der Waals surface area contributed by atoms with E-state index in [2.05, 4.69) is 59.8 Å². The van der Waals surface area contributed by atoms with Crippen molar-refractivity contribution in [1.82, 2.24) is 20.3 Å². The molecule has 8 nitrogen and oxygen atoms in total. The first kappa shape index (κ1) is 24.9. The molecular weight excluding hydrogens is 532 g/mol. The highest BCUT2D eigenvalue weighted by Crippen LogP contribution is 2.34. The molecule has 0 atom stereocenters. The zero-order valence-electron chi connectivity index (χ0n) is 20.7. The number of nitrogens with zero attached hydrogens (tertiary/aromatic N) is 5. The van der Waals surface area contributed by atoms with Crippen molar-refractivity contribution in [2.75, 3.05) is 24.5 Å². The number of oxazole rings is 1. The Morgan fingerprint density at radius 3 is 2.54 bits per heavy atom. The molecule has 1 saturated heterocycles. The Bertz CT molecular complexity index is 1450. The van der Waals surface area contributed by atoms with Gasteiger partial charge in [-0.3, -0.25) is 4.79 Å². The molecule has 4 aromatic rings. The maximum atomic E-state index is 12.8. The monoisotopic (exact) mass is 558 g/mol. The van der Waals surface area contributed by atoms with Gasteiger partial charge in [-0.2, -0.15) is 0 Å². The highest BCUT2D eigenvalue weighted by atomic mass is 79.9. The van der Waals surface area contributed by atoms with Crippen LogP contribution in [0.25, 0.3) is 27.4 Å². The molecule has 0 unspecified atom stereocenters. The number of anilines is 1. The second-order valence-corrected chi connectivity index (χ2v) is 10.5. The summed E-state index contributed by atoms with van der Waals surface area (Å²) in [6.07, 6.45) is 5.48. The number of benzene rings is 2. The largest absolute Gasteiger partial charge is 0.436 e. The molecule has 0 radical (unpaired) electrons. The molecule has 1 N–H and O–H groups in total. The fourth-order valence-corrected chi connectivity index (χ4v) is 4.77. The first-order valence-electron chi connectivity index (χ1n) is 12.3. The molecule has 2 aromatic heterocycles. The molecule has 1 aliphatic heterocycles. The molecule has 1 fully saturated rings. The Hall–Kier alpha value is -3.77. The predicted molar refractivity (Wildman–Crippen MR) is 147 cm³/mol. The number of carbonyl (C=O) groups is 1. The third kappa shape index (κ3) is 5.49. The van der Waals surface area contributed by atoms with Crippen LogP contribution in [-0.4, -0.2) is 40.5 Å². The van der Waals surface area contributed by atoms with Crippen molar-refractivity contribution in [3.8, 4) is 11.5 Å². The lowest BCUT2D eigenvalue weighted by Gasteiger charge is -2.32. The zero-order chi connectivity index (χ0) is 25.9. The van der Waals surface area contributed by atoms with Gasteiger partial charge in [0.1, 0.15) is 0 Å². The van der Waals surface area contributed by atoms with Crippen LogP contribution < -0.4 is 10.2 Å². The molecule has 9 heteroatoms. The van der Waals surface area contributed by atoms with Crippen molar-refractivity contribution >= 4 is 44.6 Å². The van der Waals surface area contributed by atoms with Gasteiger partial charge in [0, 0.05) is 43.2 Å². The fraction of sp³-hybridized carbons (Fsp3) is 0.321. The molecule has 37 heavy (non-hydrogen) atoms. The summed E-state index contributed by atoms with van der Waals surface area (Å²) < 4.78 is 6.96. The molecule has 1 amide bonds. The van der Waals surface area contributed by atoms with Crippen molar-refractivity contribution in [2.24, 2.45) is 5.92 Å². The molecule has 0 saturated carbocycles. The predicted octanol–water partition coefficient (Wildman–Crippen LogP) is 6.37. The van der Waals surface area contributed by atoms with Crippen LogP contribution in [0.2, 0.25) is 0 Å². The first-order chi connectivity index (χ1) is 17.9. The van der Waals surface area contributed by atoms with E-state index in [0.29, 0.717) is 40.7 Å². The summed E-state index contributed by atoms with van der Waals surface area (Å²) in [4.78, 5) is 31.9. The Balaban J connectivity index is 1.19. The van der Waals surface area contributed by atoms with E-state index < -0.39 is 0 Å². The number of carbonyl (C=O) groups excluding carboxylic acids is 1. The summed E-state index contributed by atoms with van der Waals surface area (Å²) in [6, 6.07) is 10.9. The van der Waals surface area contributed by atoms with E-state index in [4.69, 9.17) is 11.0 Å². The number of hydrogen-bond acceptors (Lipinski definition) is 6. The molecule has 188 valence electrons. The average molecular weight is 559 g/mol. The van der Waals surface area contributed by atoms with Crippen molar-refractivity contribution < 1.29 is 9.21 Å². The summed E-state index contributed by atoms with van der Waals surface area (Å²) in [5, 5.41) is 3.08. The van der Waals surface area contributed by atoms with Crippen LogP contribution >= 0.6 is 15.9 Å². The lowest BCUT2D eigenvalue weighted by atomic mass is 9.97. The molecule has 0 aliphatic carbocycles. The summed E-state index contributed by atoms with van der Waals surface area (Å²) in [7, 11) is 0. The smallest absolute Gasteiger partial charge is 0.251 e. The maximum Gasteiger partial charge on any atom is 0.251 e. The second-order valence-electron chi connectivity index (χ2n) is 9.59. The van der Waals surface area contributed by atoms with Gasteiger partial charge in [-0.15, -0.1) is 0 Å². The third-order valence-corrected chi connectivity index (χ3v) is 7.11. The summed E-state index contributed by atoms with van der Waals surface area (Å²) >= 11 is 3.37. The highest BCUT2D eigenvalue weighted by molar-refractivity contribution is 9.10. The lowest BCUT2D eigenvalue weighted by Crippen LogP contribution is -2.39. The topological polar surface area (TPSA) is 88.5 Å². The standard InChI is InChI=1S/C28H27BrN6O2/c1-17(2)23-12-22(30-3)13-24-25(23)37-27(34-24)20-6-4-19(5-7-20)26(36)31-14-18-8-10-35(11-9-18)28-32-15-21(29)16-33-28/h4-7,12-13,15-18H,8-11,14H2,1-2H3,(H,31,36). The quantitative estimate of drug-likeness (QED) is 0.276. The summed E-state index contributed by atoms with van der Waals surface area (Å²) in [5.41, 5.74) is 4.28. The molecule has 0 bridgehead atoms. The molecular formula is C28H27BrN6O2. The van der Waals surface area contributed by atoms with Crippen LogP contribution in [0.5, 0.6) is 0 Å². The van der Waals surface area contributed by atoms with Gasteiger partial charge in [0.25, 0.3) is 5.91 Å². The third-order valence-electron chi connectivity index (χ3n) is 6.70. The van der Waals surface area contributed by atoms with Gasteiger partial charge in [0.05, 0.1) is 16.6 Å². The van der Waals surface area contributed by atoms with Gasteiger partial charge in [0.15, 0.2) is 11.3 Å². The van der Waals surface area contributed by atoms with E-state index in [1.807, 2.05) is 18.2 Å². The number of halogens is 1. The molecule has 3 heterocycles. The number of aromatic nitrogens is 3. The second kappa shape index (κ2) is 10.7. The summed E-state index contributed by atoms with van der Waals surface area (Å²) in [6.45, 7) is 13.9. The van der Waals surface area contributed by atoms with Crippen LogP contribution in [0.3, 0.4) is 0 Å². The lowest BCUT2D eigenvalue weighted by molar-refractivity contribution is 0.0945. The van der Waals surface area contributed by atoms with E-state index in [1.165, 1.54) is 0 Å². The number of amides is 1. The number of rotatable bonds is 6. The van der Waals surface area contributed by atoms with Crippen molar-refractivity contribution in [3.63, 3.8) is 0 Å². The van der Waals surface area contributed by atoms with Crippen LogP contribution in [-0.2, 0) is 0 Å². The Labute approximate surface area is 224 Å². The maximum absolute atomic E-state index is 12.8. The van der Waals surface area contributed by atoms with Crippen molar-refractivity contribution in [1.29, 1.82) is 0 Å². The number of fused-ring (bicyclic) bond motifs is 1. The first-order valence-corrected chi connectivity index (χ1v) is 13.1. The van der Waals surface area contributed by atoms with Crippen molar-refractivity contribution in [2.45, 2.75) is 32.6 Å². The minimum absolute atomic E-state index is 0.0911. The van der Waals surface area contributed by atoms with Gasteiger partial charge in [0.2, 0.25) is 11.8 Å². The van der Waals surface area contributed by atoms with Crippen LogP contribution in [0.15, 0.2) is 57.7 Å². The fourth-order valence-electron chi connectivity index (χ4n) is 4.57. The van der Waals surface area contributed by atoms with E-state index in [1.54, 1.807) is 30.6 Å². The zero-order valence-corrected chi connectivity index (χ0v) is 22.3. The molecule has 1 aliphatic rings. The number of hydrogen-bond donors (Lipinski definition) is 1. The SMILES string of the molecule is [C-]#[N+]c1cc(C(C)C)c2oc(-c3ccc(C(=O)NCC4CCN(c5ncc(Br)cn5)CC4)cc3)nc2c1. The van der Waals surface area contributed by atoms with E-state index in [-0.39, 0.29) is 11.8 Å². The van der Waals surface area contributed by atoms with E-state index in [9.17, 15) is 4.79 Å². The van der Waals surface area contributed by atoms with Crippen LogP contribution in [0.1, 0.15) is 48.5 Å². The van der Waals surface area contributed by atoms with Gasteiger partial charge in [-0.25, -0.2) is 19.8 Å². The van der Waals surface area contributed by atoms with E-state index >= 15 is 0 Å².